The minimum Gasteiger partial charge on any atom is -0.312 e. The Morgan fingerprint density at radius 1 is 1.09 bits per heavy atom. The first-order chi connectivity index (χ1) is 10.7. The van der Waals surface area contributed by atoms with E-state index in [1.807, 2.05) is 35.2 Å². The molecule has 0 spiro atoms. The molecule has 0 N–H and O–H groups in total. The number of amides is 1. The summed E-state index contributed by atoms with van der Waals surface area (Å²) in [5.41, 5.74) is 3.45. The molecule has 116 valence electrons. The maximum atomic E-state index is 12.5. The Bertz CT molecular complexity index is 597. The predicted molar refractivity (Wildman–Crippen MR) is 96.4 cm³/mol. The highest BCUT2D eigenvalue weighted by molar-refractivity contribution is 7.99. The smallest absolute Gasteiger partial charge is 0.236 e. The summed E-state index contributed by atoms with van der Waals surface area (Å²) >= 11 is 1.68. The van der Waals surface area contributed by atoms with Crippen molar-refractivity contribution in [3.8, 4) is 0 Å². The summed E-state index contributed by atoms with van der Waals surface area (Å²) in [6.07, 6.45) is 0.961. The number of carbonyl (C=O) groups is 1. The molecular weight excluding hydrogens is 290 g/mol. The van der Waals surface area contributed by atoms with E-state index in [9.17, 15) is 4.79 Å². The van der Waals surface area contributed by atoms with Crippen LogP contribution in [0.25, 0.3) is 0 Å². The Balaban J connectivity index is 1.95. The first-order valence-electron chi connectivity index (χ1n) is 7.69. The second-order valence-corrected chi connectivity index (χ2v) is 6.35. The number of anilines is 1. The molecule has 0 aromatic heterocycles. The van der Waals surface area contributed by atoms with Crippen LogP contribution in [0.2, 0.25) is 0 Å². The molecule has 0 atom stereocenters. The van der Waals surface area contributed by atoms with Crippen LogP contribution in [0.1, 0.15) is 24.5 Å². The molecule has 2 aromatic carbocycles. The van der Waals surface area contributed by atoms with E-state index >= 15 is 0 Å². The molecule has 0 saturated carbocycles. The number of nitrogens with zero attached hydrogens (tertiary/aromatic N) is 1. The number of hydrogen-bond acceptors (Lipinski definition) is 2. The fourth-order valence-corrected chi connectivity index (χ4v) is 3.19. The highest BCUT2D eigenvalue weighted by atomic mass is 32.2. The van der Waals surface area contributed by atoms with E-state index in [2.05, 4.69) is 38.1 Å². The van der Waals surface area contributed by atoms with E-state index in [4.69, 9.17) is 0 Å². The second kappa shape index (κ2) is 8.64. The third kappa shape index (κ3) is 4.92. The van der Waals surface area contributed by atoms with Gasteiger partial charge in [-0.2, -0.15) is 0 Å². The van der Waals surface area contributed by atoms with Gasteiger partial charge in [0.05, 0.1) is 5.75 Å². The van der Waals surface area contributed by atoms with E-state index in [1.54, 1.807) is 11.8 Å². The number of benzene rings is 2. The van der Waals surface area contributed by atoms with Gasteiger partial charge in [0.25, 0.3) is 0 Å². The monoisotopic (exact) mass is 313 g/mol. The fraction of sp³-hybridized carbons (Fsp3) is 0.316. The number of carbonyl (C=O) groups excluding carboxylic acids is 1. The molecule has 0 aliphatic carbocycles. The molecule has 3 heteroatoms. The maximum absolute atomic E-state index is 12.5. The standard InChI is InChI=1S/C19H23NOS/c1-3-12-20(18-11-7-8-16(2)13-18)19(21)15-22-14-17-9-5-4-6-10-17/h4-11,13H,3,12,14-15H2,1-2H3. The van der Waals surface area contributed by atoms with E-state index in [-0.39, 0.29) is 5.91 Å². The van der Waals surface area contributed by atoms with Gasteiger partial charge in [0.15, 0.2) is 0 Å². The molecule has 22 heavy (non-hydrogen) atoms. The molecule has 0 unspecified atom stereocenters. The van der Waals surface area contributed by atoms with Crippen molar-refractivity contribution < 1.29 is 4.79 Å². The normalized spacial score (nSPS) is 10.5. The first-order valence-corrected chi connectivity index (χ1v) is 8.85. The van der Waals surface area contributed by atoms with Crippen molar-refractivity contribution in [2.24, 2.45) is 0 Å². The van der Waals surface area contributed by atoms with Gasteiger partial charge in [0.2, 0.25) is 5.91 Å². The predicted octanol–water partition coefficient (Wildman–Crippen LogP) is 4.67. The summed E-state index contributed by atoms with van der Waals surface area (Å²) in [6, 6.07) is 18.4. The zero-order valence-electron chi connectivity index (χ0n) is 13.3. The number of aryl methyl sites for hydroxylation is 1. The van der Waals surface area contributed by atoms with Crippen LogP contribution in [-0.4, -0.2) is 18.2 Å². The van der Waals surface area contributed by atoms with Crippen LogP contribution < -0.4 is 4.90 Å². The van der Waals surface area contributed by atoms with Gasteiger partial charge in [-0.3, -0.25) is 4.79 Å². The van der Waals surface area contributed by atoms with Crippen LogP contribution in [0.15, 0.2) is 54.6 Å². The molecule has 0 aliphatic heterocycles. The minimum atomic E-state index is 0.188. The summed E-state index contributed by atoms with van der Waals surface area (Å²) in [7, 11) is 0. The third-order valence-corrected chi connectivity index (χ3v) is 4.39. The zero-order chi connectivity index (χ0) is 15.8. The van der Waals surface area contributed by atoms with Gasteiger partial charge in [-0.05, 0) is 36.6 Å². The van der Waals surface area contributed by atoms with Gasteiger partial charge in [-0.25, -0.2) is 0 Å². The average Bonchev–Trinajstić information content (AvgIpc) is 2.53. The van der Waals surface area contributed by atoms with Crippen LogP contribution in [0.5, 0.6) is 0 Å². The third-order valence-electron chi connectivity index (χ3n) is 3.40. The molecule has 1 amide bonds. The lowest BCUT2D eigenvalue weighted by Crippen LogP contribution is -2.33. The quantitative estimate of drug-likeness (QED) is 0.740. The number of thioether (sulfide) groups is 1. The molecule has 2 rings (SSSR count). The van der Waals surface area contributed by atoms with Gasteiger partial charge in [0.1, 0.15) is 0 Å². The second-order valence-electron chi connectivity index (χ2n) is 5.36. The maximum Gasteiger partial charge on any atom is 0.236 e. The molecule has 0 heterocycles. The minimum absolute atomic E-state index is 0.188. The van der Waals surface area contributed by atoms with E-state index in [0.717, 1.165) is 24.4 Å². The van der Waals surface area contributed by atoms with Crippen LogP contribution >= 0.6 is 11.8 Å². The molecule has 2 nitrogen and oxygen atoms in total. The summed E-state index contributed by atoms with van der Waals surface area (Å²) < 4.78 is 0. The highest BCUT2D eigenvalue weighted by Crippen LogP contribution is 2.19. The van der Waals surface area contributed by atoms with Crippen molar-refractivity contribution in [3.05, 3.63) is 65.7 Å². The van der Waals surface area contributed by atoms with Crippen molar-refractivity contribution in [1.29, 1.82) is 0 Å². The van der Waals surface area contributed by atoms with Crippen molar-refractivity contribution in [2.75, 3.05) is 17.2 Å². The lowest BCUT2D eigenvalue weighted by atomic mass is 10.2. The summed E-state index contributed by atoms with van der Waals surface area (Å²) in [6.45, 7) is 4.93. The van der Waals surface area contributed by atoms with Crippen molar-refractivity contribution in [2.45, 2.75) is 26.0 Å². The van der Waals surface area contributed by atoms with E-state index < -0.39 is 0 Å². The Morgan fingerprint density at radius 3 is 2.55 bits per heavy atom. The molecule has 0 aliphatic rings. The largest absolute Gasteiger partial charge is 0.312 e. The Labute approximate surface area is 137 Å². The molecule has 2 aromatic rings. The van der Waals surface area contributed by atoms with Crippen LogP contribution in [0, 0.1) is 6.92 Å². The number of rotatable bonds is 7. The number of hydrogen-bond donors (Lipinski definition) is 0. The summed E-state index contributed by atoms with van der Waals surface area (Å²) in [4.78, 5) is 14.4. The van der Waals surface area contributed by atoms with Crippen LogP contribution in [0.3, 0.4) is 0 Å². The topological polar surface area (TPSA) is 20.3 Å². The van der Waals surface area contributed by atoms with Gasteiger partial charge in [-0.1, -0.05) is 49.4 Å². The summed E-state index contributed by atoms with van der Waals surface area (Å²) in [5, 5.41) is 0. The molecular formula is C19H23NOS. The molecule has 0 saturated heterocycles. The van der Waals surface area contributed by atoms with Gasteiger partial charge in [0, 0.05) is 18.0 Å². The zero-order valence-corrected chi connectivity index (χ0v) is 14.1. The van der Waals surface area contributed by atoms with Crippen molar-refractivity contribution in [3.63, 3.8) is 0 Å². The first kappa shape index (κ1) is 16.6. The Kier molecular flexibility index (Phi) is 6.53. The highest BCUT2D eigenvalue weighted by Gasteiger charge is 2.14. The Morgan fingerprint density at radius 2 is 1.86 bits per heavy atom. The van der Waals surface area contributed by atoms with Gasteiger partial charge < -0.3 is 4.90 Å². The Hall–Kier alpha value is -1.74. The molecule has 0 fully saturated rings. The van der Waals surface area contributed by atoms with E-state index in [1.165, 1.54) is 11.1 Å². The van der Waals surface area contributed by atoms with Gasteiger partial charge in [-0.15, -0.1) is 11.8 Å². The SMILES string of the molecule is CCCN(C(=O)CSCc1ccccc1)c1cccc(C)c1. The van der Waals surface area contributed by atoms with Crippen molar-refractivity contribution >= 4 is 23.4 Å². The molecule has 0 radical (unpaired) electrons. The van der Waals surface area contributed by atoms with Crippen LogP contribution in [-0.2, 0) is 10.5 Å². The lowest BCUT2D eigenvalue weighted by molar-refractivity contribution is -0.116. The van der Waals surface area contributed by atoms with Crippen molar-refractivity contribution in [1.82, 2.24) is 0 Å². The average molecular weight is 313 g/mol. The van der Waals surface area contributed by atoms with Gasteiger partial charge >= 0.3 is 0 Å². The molecule has 0 bridgehead atoms. The van der Waals surface area contributed by atoms with E-state index in [0.29, 0.717) is 5.75 Å². The fourth-order valence-electron chi connectivity index (χ4n) is 2.33. The van der Waals surface area contributed by atoms with Crippen LogP contribution in [0.4, 0.5) is 5.69 Å². The summed E-state index contributed by atoms with van der Waals surface area (Å²) in [5.74, 6) is 1.58. The lowest BCUT2D eigenvalue weighted by Gasteiger charge is -2.22.